The molecule has 0 unspecified atom stereocenters. The van der Waals surface area contributed by atoms with Crippen LogP contribution in [0.3, 0.4) is 0 Å². The Morgan fingerprint density at radius 1 is 1.12 bits per heavy atom. The summed E-state index contributed by atoms with van der Waals surface area (Å²) in [6.45, 7) is 6.00. The van der Waals surface area contributed by atoms with Crippen LogP contribution in [0.25, 0.3) is 21.5 Å². The summed E-state index contributed by atoms with van der Waals surface area (Å²) < 4.78 is 1.75. The maximum atomic E-state index is 13.0. The third-order valence-electron chi connectivity index (χ3n) is 5.92. The molecule has 1 amide bonds. The van der Waals surface area contributed by atoms with Gasteiger partial charge in [-0.3, -0.25) is 14.4 Å². The Morgan fingerprint density at radius 3 is 2.72 bits per heavy atom. The molecule has 8 heteroatoms. The molecule has 0 N–H and O–H groups in total. The van der Waals surface area contributed by atoms with Gasteiger partial charge < -0.3 is 4.90 Å². The Morgan fingerprint density at radius 2 is 1.94 bits per heavy atom. The molecule has 164 valence electrons. The Balaban J connectivity index is 1.21. The van der Waals surface area contributed by atoms with E-state index in [-0.39, 0.29) is 5.91 Å². The van der Waals surface area contributed by atoms with Crippen molar-refractivity contribution in [1.82, 2.24) is 24.6 Å². The predicted octanol–water partition coefficient (Wildman–Crippen LogP) is 4.62. The molecule has 4 aromatic rings. The van der Waals surface area contributed by atoms with Crippen LogP contribution in [-0.4, -0.2) is 56.7 Å². The molecule has 1 fully saturated rings. The smallest absolute Gasteiger partial charge is 0.255 e. The van der Waals surface area contributed by atoms with Crippen LogP contribution < -0.4 is 0 Å². The number of rotatable bonds is 4. The van der Waals surface area contributed by atoms with Crippen LogP contribution in [0.1, 0.15) is 20.9 Å². The molecule has 3 aromatic heterocycles. The highest BCUT2D eigenvalue weighted by Gasteiger charge is 2.23. The van der Waals surface area contributed by atoms with Crippen molar-refractivity contribution in [3.63, 3.8) is 0 Å². The number of amides is 1. The topological polar surface area (TPSA) is 54.3 Å². The van der Waals surface area contributed by atoms with Crippen LogP contribution >= 0.6 is 22.9 Å². The van der Waals surface area contributed by atoms with Crippen LogP contribution in [0.5, 0.6) is 0 Å². The van der Waals surface area contributed by atoms with Crippen molar-refractivity contribution in [3.05, 3.63) is 69.8 Å². The average Bonchev–Trinajstić information content (AvgIpc) is 3.38. The Bertz CT molecular complexity index is 1290. The standard InChI is InChI=1S/C24H24ClN5OS/c1-16-21-13-18(14-26-23(21)28(2)27-16)24(31)30-10-8-29(9-11-30)15-20-6-7-22(32-20)17-4-3-5-19(25)12-17/h3-7,12-14H,8-11,15H2,1-2H3. The number of halogens is 1. The predicted molar refractivity (Wildman–Crippen MR) is 129 cm³/mol. The Hall–Kier alpha value is -2.74. The summed E-state index contributed by atoms with van der Waals surface area (Å²) in [4.78, 5) is 24.4. The molecule has 6 nitrogen and oxygen atoms in total. The number of thiophene rings is 1. The van der Waals surface area contributed by atoms with Gasteiger partial charge in [0.1, 0.15) is 0 Å². The first-order chi connectivity index (χ1) is 15.5. The second-order valence-electron chi connectivity index (χ2n) is 8.15. The van der Waals surface area contributed by atoms with Gasteiger partial charge in [0.15, 0.2) is 5.65 Å². The monoisotopic (exact) mass is 465 g/mol. The second kappa shape index (κ2) is 8.65. The molecule has 32 heavy (non-hydrogen) atoms. The van der Waals surface area contributed by atoms with Gasteiger partial charge in [0.2, 0.25) is 0 Å². The fraction of sp³-hybridized carbons (Fsp3) is 0.292. The largest absolute Gasteiger partial charge is 0.336 e. The van der Waals surface area contributed by atoms with Gasteiger partial charge in [0, 0.05) is 66.1 Å². The third kappa shape index (κ3) is 4.16. The minimum absolute atomic E-state index is 0.0432. The highest BCUT2D eigenvalue weighted by Crippen LogP contribution is 2.30. The minimum Gasteiger partial charge on any atom is -0.336 e. The molecule has 5 rings (SSSR count). The van der Waals surface area contributed by atoms with Crippen molar-refractivity contribution in [2.45, 2.75) is 13.5 Å². The molecular formula is C24H24ClN5OS. The third-order valence-corrected chi connectivity index (χ3v) is 7.27. The molecule has 1 aliphatic heterocycles. The Labute approximate surface area is 196 Å². The lowest BCUT2D eigenvalue weighted by atomic mass is 10.1. The van der Waals surface area contributed by atoms with E-state index in [1.54, 1.807) is 22.2 Å². The van der Waals surface area contributed by atoms with Crippen molar-refractivity contribution < 1.29 is 4.79 Å². The van der Waals surface area contributed by atoms with E-state index in [0.717, 1.165) is 60.0 Å². The first-order valence-electron chi connectivity index (χ1n) is 10.6. The van der Waals surface area contributed by atoms with Gasteiger partial charge in [0.05, 0.1) is 11.3 Å². The summed E-state index contributed by atoms with van der Waals surface area (Å²) in [6, 6.07) is 14.2. The SMILES string of the molecule is Cc1nn(C)c2ncc(C(=O)N3CCN(Cc4ccc(-c5cccc(Cl)c5)s4)CC3)cc12. The fourth-order valence-corrected chi connectivity index (χ4v) is 5.43. The van der Waals surface area contributed by atoms with Gasteiger partial charge in [-0.1, -0.05) is 23.7 Å². The lowest BCUT2D eigenvalue weighted by Gasteiger charge is -2.34. The van der Waals surface area contributed by atoms with Gasteiger partial charge in [-0.2, -0.15) is 5.10 Å². The van der Waals surface area contributed by atoms with E-state index in [9.17, 15) is 4.79 Å². The molecule has 0 saturated carbocycles. The molecule has 1 aromatic carbocycles. The zero-order chi connectivity index (χ0) is 22.2. The van der Waals surface area contributed by atoms with Crippen LogP contribution in [0.2, 0.25) is 5.02 Å². The lowest BCUT2D eigenvalue weighted by molar-refractivity contribution is 0.0629. The van der Waals surface area contributed by atoms with Crippen LogP contribution in [0.15, 0.2) is 48.7 Å². The van der Waals surface area contributed by atoms with Crippen molar-refractivity contribution >= 4 is 39.9 Å². The number of pyridine rings is 1. The lowest BCUT2D eigenvalue weighted by Crippen LogP contribution is -2.48. The summed E-state index contributed by atoms with van der Waals surface area (Å²) >= 11 is 7.93. The first kappa shape index (κ1) is 21.1. The average molecular weight is 466 g/mol. The van der Waals surface area contributed by atoms with Crippen LogP contribution in [0, 0.1) is 6.92 Å². The molecule has 1 aliphatic rings. The van der Waals surface area contributed by atoms with E-state index < -0.39 is 0 Å². The van der Waals surface area contributed by atoms with Gasteiger partial charge in [-0.05, 0) is 42.8 Å². The Kier molecular flexibility index (Phi) is 5.71. The van der Waals surface area contributed by atoms with E-state index in [0.29, 0.717) is 5.56 Å². The molecule has 0 spiro atoms. The number of benzene rings is 1. The van der Waals surface area contributed by atoms with Gasteiger partial charge >= 0.3 is 0 Å². The summed E-state index contributed by atoms with van der Waals surface area (Å²) in [5, 5.41) is 6.09. The van der Waals surface area contributed by atoms with E-state index in [1.165, 1.54) is 9.75 Å². The van der Waals surface area contributed by atoms with Crippen molar-refractivity contribution in [2.24, 2.45) is 7.05 Å². The quantitative estimate of drug-likeness (QED) is 0.441. The number of hydrogen-bond donors (Lipinski definition) is 0. The van der Waals surface area contributed by atoms with E-state index >= 15 is 0 Å². The normalized spacial score (nSPS) is 14.9. The summed E-state index contributed by atoms with van der Waals surface area (Å²) in [6.07, 6.45) is 1.67. The highest BCUT2D eigenvalue weighted by molar-refractivity contribution is 7.15. The van der Waals surface area contributed by atoms with Crippen molar-refractivity contribution in [2.75, 3.05) is 26.2 Å². The maximum absolute atomic E-state index is 13.0. The summed E-state index contributed by atoms with van der Waals surface area (Å²) in [7, 11) is 1.87. The molecule has 0 aliphatic carbocycles. The number of piperazine rings is 1. The zero-order valence-electron chi connectivity index (χ0n) is 18.1. The number of carbonyl (C=O) groups is 1. The van der Waals surface area contributed by atoms with E-state index in [1.807, 2.05) is 43.1 Å². The van der Waals surface area contributed by atoms with Crippen LogP contribution in [0.4, 0.5) is 0 Å². The van der Waals surface area contributed by atoms with E-state index in [4.69, 9.17) is 11.6 Å². The van der Waals surface area contributed by atoms with Gasteiger partial charge in [-0.25, -0.2) is 4.98 Å². The number of fused-ring (bicyclic) bond motifs is 1. The first-order valence-corrected chi connectivity index (χ1v) is 11.8. The number of hydrogen-bond acceptors (Lipinski definition) is 5. The number of carbonyl (C=O) groups excluding carboxylic acids is 1. The molecular weight excluding hydrogens is 442 g/mol. The number of aryl methyl sites for hydroxylation is 2. The van der Waals surface area contributed by atoms with Crippen LogP contribution in [-0.2, 0) is 13.6 Å². The molecule has 0 atom stereocenters. The number of aromatic nitrogens is 3. The molecule has 4 heterocycles. The van der Waals surface area contributed by atoms with Gasteiger partial charge in [-0.15, -0.1) is 11.3 Å². The van der Waals surface area contributed by atoms with Crippen molar-refractivity contribution in [3.8, 4) is 10.4 Å². The van der Waals surface area contributed by atoms with Gasteiger partial charge in [0.25, 0.3) is 5.91 Å². The molecule has 1 saturated heterocycles. The maximum Gasteiger partial charge on any atom is 0.255 e. The second-order valence-corrected chi connectivity index (χ2v) is 9.75. The fourth-order valence-electron chi connectivity index (χ4n) is 4.20. The minimum atomic E-state index is 0.0432. The summed E-state index contributed by atoms with van der Waals surface area (Å²) in [5.74, 6) is 0.0432. The summed E-state index contributed by atoms with van der Waals surface area (Å²) in [5.41, 5.74) is 3.48. The van der Waals surface area contributed by atoms with Crippen molar-refractivity contribution in [1.29, 1.82) is 0 Å². The van der Waals surface area contributed by atoms with E-state index in [2.05, 4.69) is 33.2 Å². The number of nitrogens with zero attached hydrogens (tertiary/aromatic N) is 5. The molecule has 0 radical (unpaired) electrons. The molecule has 0 bridgehead atoms. The highest BCUT2D eigenvalue weighted by atomic mass is 35.5. The zero-order valence-corrected chi connectivity index (χ0v) is 19.7.